The monoisotopic (exact) mass is 284 g/mol. The number of piperazine rings is 1. The summed E-state index contributed by atoms with van der Waals surface area (Å²) in [5.41, 5.74) is 5.14. The van der Waals surface area contributed by atoms with Gasteiger partial charge in [0, 0.05) is 31.7 Å². The molecule has 5 nitrogen and oxygen atoms in total. The van der Waals surface area contributed by atoms with E-state index in [2.05, 4.69) is 35.9 Å². The quantitative estimate of drug-likeness (QED) is 0.752. The van der Waals surface area contributed by atoms with Crippen molar-refractivity contribution in [3.05, 3.63) is 0 Å². The Kier molecular flexibility index (Phi) is 5.98. The molecule has 0 aliphatic carbocycles. The Hall–Kier alpha value is -0.650. The van der Waals surface area contributed by atoms with Gasteiger partial charge in [-0.15, -0.1) is 0 Å². The fourth-order valence-corrected chi connectivity index (χ4v) is 2.67. The number of likely N-dealkylation sites (N-methyl/N-ethyl adjacent to an activating group) is 1. The van der Waals surface area contributed by atoms with Crippen LogP contribution in [-0.4, -0.2) is 66.6 Å². The summed E-state index contributed by atoms with van der Waals surface area (Å²) in [6, 6.07) is 0. The second-order valence-electron chi connectivity index (χ2n) is 7.05. The highest BCUT2D eigenvalue weighted by Crippen LogP contribution is 2.17. The van der Waals surface area contributed by atoms with E-state index < -0.39 is 5.54 Å². The Labute approximate surface area is 123 Å². The molecule has 3 N–H and O–H groups in total. The lowest BCUT2D eigenvalue weighted by Crippen LogP contribution is -2.54. The van der Waals surface area contributed by atoms with Crippen LogP contribution in [-0.2, 0) is 4.79 Å². The molecule has 5 heteroatoms. The molecule has 1 atom stereocenters. The summed E-state index contributed by atoms with van der Waals surface area (Å²) in [7, 11) is 1.80. The molecule has 1 saturated heterocycles. The summed E-state index contributed by atoms with van der Waals surface area (Å²) in [5, 5.41) is 3.04. The number of carbonyl (C=O) groups is 1. The summed E-state index contributed by atoms with van der Waals surface area (Å²) < 4.78 is 0. The number of rotatable bonds is 6. The van der Waals surface area contributed by atoms with Crippen LogP contribution in [0.4, 0.5) is 0 Å². The van der Waals surface area contributed by atoms with Gasteiger partial charge in [-0.2, -0.15) is 0 Å². The molecule has 1 rings (SSSR count). The van der Waals surface area contributed by atoms with E-state index in [1.54, 1.807) is 7.05 Å². The predicted octanol–water partition coefficient (Wildman–Crippen LogP) is 0.646. The second-order valence-corrected chi connectivity index (χ2v) is 7.05. The van der Waals surface area contributed by atoms with Crippen LogP contribution >= 0.6 is 0 Å². The van der Waals surface area contributed by atoms with Gasteiger partial charge >= 0.3 is 0 Å². The highest BCUT2D eigenvalue weighted by molar-refractivity contribution is 5.84. The first kappa shape index (κ1) is 17.4. The van der Waals surface area contributed by atoms with Crippen molar-refractivity contribution in [2.24, 2.45) is 5.73 Å². The van der Waals surface area contributed by atoms with Crippen LogP contribution < -0.4 is 11.1 Å². The minimum absolute atomic E-state index is 0.266. The summed E-state index contributed by atoms with van der Waals surface area (Å²) in [6.07, 6.45) is 1.79. The van der Waals surface area contributed by atoms with Crippen LogP contribution in [0.1, 0.15) is 40.5 Å². The first-order valence-electron chi connectivity index (χ1n) is 7.65. The molecule has 0 aromatic heterocycles. The molecular formula is C15H32N4O. The summed E-state index contributed by atoms with van der Waals surface area (Å²) in [4.78, 5) is 16.4. The van der Waals surface area contributed by atoms with Crippen LogP contribution in [0, 0.1) is 0 Å². The maximum absolute atomic E-state index is 11.4. The van der Waals surface area contributed by atoms with Gasteiger partial charge in [0.25, 0.3) is 0 Å². The van der Waals surface area contributed by atoms with Crippen molar-refractivity contribution in [3.8, 4) is 0 Å². The molecule has 1 heterocycles. The van der Waals surface area contributed by atoms with Gasteiger partial charge in [0.05, 0.1) is 5.54 Å². The van der Waals surface area contributed by atoms with E-state index in [9.17, 15) is 4.79 Å². The average Bonchev–Trinajstić information content (AvgIpc) is 2.37. The highest BCUT2D eigenvalue weighted by atomic mass is 16.1. The molecule has 1 amide bonds. The lowest BCUT2D eigenvalue weighted by atomic mass is 9.95. The van der Waals surface area contributed by atoms with E-state index in [1.807, 2.05) is 6.92 Å². The molecule has 0 radical (unpaired) electrons. The Morgan fingerprint density at radius 1 is 1.15 bits per heavy atom. The van der Waals surface area contributed by atoms with Crippen molar-refractivity contribution < 1.29 is 4.79 Å². The molecule has 1 unspecified atom stereocenters. The molecule has 1 aliphatic rings. The van der Waals surface area contributed by atoms with Gasteiger partial charge in [0.2, 0.25) is 5.91 Å². The maximum atomic E-state index is 11.4. The first-order valence-corrected chi connectivity index (χ1v) is 7.65. The van der Waals surface area contributed by atoms with Gasteiger partial charge in [-0.1, -0.05) is 0 Å². The van der Waals surface area contributed by atoms with Crippen molar-refractivity contribution in [2.75, 3.05) is 39.8 Å². The lowest BCUT2D eigenvalue weighted by Gasteiger charge is -2.42. The van der Waals surface area contributed by atoms with Gasteiger partial charge in [-0.25, -0.2) is 0 Å². The Bertz CT molecular complexity index is 318. The molecule has 20 heavy (non-hydrogen) atoms. The number of primary amides is 1. The molecule has 0 aromatic carbocycles. The minimum Gasteiger partial charge on any atom is -0.368 e. The van der Waals surface area contributed by atoms with E-state index in [-0.39, 0.29) is 11.4 Å². The topological polar surface area (TPSA) is 61.6 Å². The number of hydrogen-bond donors (Lipinski definition) is 2. The molecule has 118 valence electrons. The normalized spacial score (nSPS) is 21.6. The van der Waals surface area contributed by atoms with Crippen LogP contribution in [0.5, 0.6) is 0 Å². The van der Waals surface area contributed by atoms with Crippen LogP contribution in [0.2, 0.25) is 0 Å². The fourth-order valence-electron chi connectivity index (χ4n) is 2.67. The maximum Gasteiger partial charge on any atom is 0.237 e. The molecule has 0 bridgehead atoms. The van der Waals surface area contributed by atoms with E-state index in [0.29, 0.717) is 0 Å². The van der Waals surface area contributed by atoms with E-state index in [4.69, 9.17) is 5.73 Å². The summed E-state index contributed by atoms with van der Waals surface area (Å²) in [6.45, 7) is 14.2. The number of carbonyl (C=O) groups excluding carboxylic acids is 1. The zero-order valence-corrected chi connectivity index (χ0v) is 13.8. The van der Waals surface area contributed by atoms with Gasteiger partial charge in [-0.3, -0.25) is 9.69 Å². The third kappa shape index (κ3) is 4.72. The third-order valence-corrected chi connectivity index (χ3v) is 4.57. The van der Waals surface area contributed by atoms with E-state index in [1.165, 1.54) is 0 Å². The molecule has 0 saturated carbocycles. The first-order chi connectivity index (χ1) is 9.19. The summed E-state index contributed by atoms with van der Waals surface area (Å²) in [5.74, 6) is -0.266. The lowest BCUT2D eigenvalue weighted by molar-refractivity contribution is -0.123. The van der Waals surface area contributed by atoms with Crippen LogP contribution in [0.15, 0.2) is 0 Å². The van der Waals surface area contributed by atoms with Gasteiger partial charge in [0.1, 0.15) is 0 Å². The Morgan fingerprint density at radius 2 is 1.70 bits per heavy atom. The van der Waals surface area contributed by atoms with Crippen molar-refractivity contribution in [1.82, 2.24) is 15.1 Å². The SMILES string of the molecule is CNC(C)(CCCN1CCN(C(C)(C)C)CC1)C(N)=O. The van der Waals surface area contributed by atoms with E-state index >= 15 is 0 Å². The molecule has 0 spiro atoms. The van der Waals surface area contributed by atoms with Gasteiger partial charge < -0.3 is 16.0 Å². The number of nitrogens with two attached hydrogens (primary N) is 1. The van der Waals surface area contributed by atoms with Crippen LogP contribution in [0.25, 0.3) is 0 Å². The van der Waals surface area contributed by atoms with E-state index in [0.717, 1.165) is 45.6 Å². The average molecular weight is 284 g/mol. The number of nitrogens with zero attached hydrogens (tertiary/aromatic N) is 2. The zero-order chi connectivity index (χ0) is 15.4. The fraction of sp³-hybridized carbons (Fsp3) is 0.933. The Morgan fingerprint density at radius 3 is 2.10 bits per heavy atom. The predicted molar refractivity (Wildman–Crippen MR) is 83.7 cm³/mol. The van der Waals surface area contributed by atoms with Crippen molar-refractivity contribution in [3.63, 3.8) is 0 Å². The van der Waals surface area contributed by atoms with Crippen molar-refractivity contribution in [2.45, 2.75) is 51.6 Å². The highest BCUT2D eigenvalue weighted by Gasteiger charge is 2.29. The minimum atomic E-state index is -0.576. The molecule has 0 aromatic rings. The number of hydrogen-bond acceptors (Lipinski definition) is 4. The third-order valence-electron chi connectivity index (χ3n) is 4.57. The Balaban J connectivity index is 2.30. The molecule has 1 fully saturated rings. The van der Waals surface area contributed by atoms with Gasteiger partial charge in [0.15, 0.2) is 0 Å². The molecular weight excluding hydrogens is 252 g/mol. The molecule has 1 aliphatic heterocycles. The standard InChI is InChI=1S/C15H32N4O/c1-14(2,3)19-11-9-18(10-12-19)8-6-7-15(4,17-5)13(16)20/h17H,6-12H2,1-5H3,(H2,16,20). The summed E-state index contributed by atoms with van der Waals surface area (Å²) >= 11 is 0. The zero-order valence-electron chi connectivity index (χ0n) is 13.8. The largest absolute Gasteiger partial charge is 0.368 e. The van der Waals surface area contributed by atoms with Crippen molar-refractivity contribution in [1.29, 1.82) is 0 Å². The number of nitrogens with one attached hydrogen (secondary N) is 1. The second kappa shape index (κ2) is 6.87. The smallest absolute Gasteiger partial charge is 0.237 e. The number of amides is 1. The van der Waals surface area contributed by atoms with Crippen LogP contribution in [0.3, 0.4) is 0 Å². The van der Waals surface area contributed by atoms with Crippen molar-refractivity contribution >= 4 is 5.91 Å². The van der Waals surface area contributed by atoms with Gasteiger partial charge in [-0.05, 0) is 54.1 Å².